The van der Waals surface area contributed by atoms with E-state index in [9.17, 15) is 9.59 Å². The van der Waals surface area contributed by atoms with Gasteiger partial charge in [-0.25, -0.2) is 4.79 Å². The summed E-state index contributed by atoms with van der Waals surface area (Å²) in [6, 6.07) is 21.2. The predicted octanol–water partition coefficient (Wildman–Crippen LogP) is 4.03. The lowest BCUT2D eigenvalue weighted by Gasteiger charge is -2.33. The minimum Gasteiger partial charge on any atom is -0.445 e. The fraction of sp³-hybridized carbons (Fsp3) is 0.379. The Labute approximate surface area is 233 Å². The molecule has 39 heavy (non-hydrogen) atoms. The number of nitrogens with two attached hydrogens (primary N) is 1. The zero-order valence-corrected chi connectivity index (χ0v) is 22.5. The Hall–Kier alpha value is -3.85. The highest BCUT2D eigenvalue weighted by atomic mass is 35.5. The van der Waals surface area contributed by atoms with Gasteiger partial charge in [0, 0.05) is 38.8 Å². The third kappa shape index (κ3) is 6.09. The number of amides is 2. The fourth-order valence-corrected chi connectivity index (χ4v) is 5.62. The van der Waals surface area contributed by atoms with E-state index in [1.807, 2.05) is 60.7 Å². The third-order valence-corrected chi connectivity index (χ3v) is 7.96. The molecule has 0 bridgehead atoms. The van der Waals surface area contributed by atoms with Gasteiger partial charge in [0.2, 0.25) is 5.91 Å². The molecule has 0 unspecified atom stereocenters. The minimum absolute atomic E-state index is 0.00687. The van der Waals surface area contributed by atoms with Gasteiger partial charge in [-0.05, 0) is 36.3 Å². The first kappa shape index (κ1) is 26.7. The van der Waals surface area contributed by atoms with Crippen molar-refractivity contribution in [2.75, 3.05) is 43.4 Å². The van der Waals surface area contributed by atoms with E-state index < -0.39 is 5.41 Å². The molecule has 0 saturated carbocycles. The molecule has 2 aliphatic heterocycles. The fourth-order valence-electron chi connectivity index (χ4n) is 5.48. The molecule has 204 valence electrons. The van der Waals surface area contributed by atoms with Gasteiger partial charge in [0.25, 0.3) is 0 Å². The van der Waals surface area contributed by atoms with Crippen LogP contribution in [0.4, 0.5) is 16.3 Å². The molecule has 10 heteroatoms. The van der Waals surface area contributed by atoms with Crippen LogP contribution >= 0.6 is 11.6 Å². The quantitative estimate of drug-likeness (QED) is 0.458. The highest BCUT2D eigenvalue weighted by Gasteiger charge is 2.46. The van der Waals surface area contributed by atoms with Crippen LogP contribution in [-0.2, 0) is 21.6 Å². The first-order valence-corrected chi connectivity index (χ1v) is 13.7. The second-order valence-corrected chi connectivity index (χ2v) is 10.6. The Kier molecular flexibility index (Phi) is 8.16. The third-order valence-electron chi connectivity index (χ3n) is 7.77. The highest BCUT2D eigenvalue weighted by molar-refractivity contribution is 6.29. The van der Waals surface area contributed by atoms with Crippen LogP contribution in [0.2, 0.25) is 5.15 Å². The number of aromatic nitrogens is 2. The van der Waals surface area contributed by atoms with Gasteiger partial charge in [-0.3, -0.25) is 4.79 Å². The number of carbonyl (C=O) groups excluding carboxylic acids is 2. The van der Waals surface area contributed by atoms with Crippen molar-refractivity contribution >= 4 is 35.1 Å². The molecule has 1 atom stereocenters. The summed E-state index contributed by atoms with van der Waals surface area (Å²) in [6.07, 6.45) is 1.96. The molecule has 2 aromatic carbocycles. The van der Waals surface area contributed by atoms with Gasteiger partial charge in [0.05, 0.1) is 11.1 Å². The Balaban J connectivity index is 1.18. The summed E-state index contributed by atoms with van der Waals surface area (Å²) in [5, 5.41) is 11.3. The molecular weight excluding hydrogens is 516 g/mol. The van der Waals surface area contributed by atoms with E-state index in [2.05, 4.69) is 20.4 Å². The summed E-state index contributed by atoms with van der Waals surface area (Å²) >= 11 is 6.09. The number of piperidine rings is 1. The summed E-state index contributed by atoms with van der Waals surface area (Å²) in [5.74, 6) is 0.571. The average Bonchev–Trinajstić information content (AvgIpc) is 3.44. The molecule has 9 nitrogen and oxygen atoms in total. The lowest BCUT2D eigenvalue weighted by molar-refractivity contribution is -0.126. The van der Waals surface area contributed by atoms with E-state index in [0.717, 1.165) is 24.0 Å². The number of nitrogens with zero attached hydrogens (tertiary/aromatic N) is 4. The van der Waals surface area contributed by atoms with Crippen molar-refractivity contribution in [3.05, 3.63) is 83.0 Å². The van der Waals surface area contributed by atoms with Crippen LogP contribution in [0.25, 0.3) is 0 Å². The molecule has 2 aliphatic rings. The lowest BCUT2D eigenvalue weighted by Crippen LogP contribution is -2.49. The Bertz CT molecular complexity index is 1290. The minimum atomic E-state index is -0.731. The molecule has 0 aliphatic carbocycles. The molecule has 5 rings (SSSR count). The van der Waals surface area contributed by atoms with Crippen LogP contribution in [0.15, 0.2) is 66.7 Å². The number of anilines is 2. The second kappa shape index (κ2) is 11.9. The van der Waals surface area contributed by atoms with Crippen molar-refractivity contribution in [1.82, 2.24) is 20.4 Å². The van der Waals surface area contributed by atoms with Crippen molar-refractivity contribution in [3.63, 3.8) is 0 Å². The van der Waals surface area contributed by atoms with Gasteiger partial charge in [-0.2, -0.15) is 0 Å². The Morgan fingerprint density at radius 2 is 1.72 bits per heavy atom. The van der Waals surface area contributed by atoms with Crippen molar-refractivity contribution < 1.29 is 14.3 Å². The zero-order chi connectivity index (χ0) is 27.2. The number of hydrogen-bond donors (Lipinski definition) is 2. The first-order valence-electron chi connectivity index (χ1n) is 13.3. The van der Waals surface area contributed by atoms with Crippen molar-refractivity contribution in [1.29, 1.82) is 0 Å². The van der Waals surface area contributed by atoms with Gasteiger partial charge in [0.1, 0.15) is 6.61 Å². The molecular formula is C29H33ClN6O3. The van der Waals surface area contributed by atoms with E-state index in [0.29, 0.717) is 44.8 Å². The molecule has 0 radical (unpaired) electrons. The van der Waals surface area contributed by atoms with Crippen LogP contribution in [0.5, 0.6) is 0 Å². The Morgan fingerprint density at radius 1 is 1.03 bits per heavy atom. The highest BCUT2D eigenvalue weighted by Crippen LogP contribution is 2.39. The summed E-state index contributed by atoms with van der Waals surface area (Å²) in [4.78, 5) is 30.1. The monoisotopic (exact) mass is 548 g/mol. The maximum atomic E-state index is 13.8. The van der Waals surface area contributed by atoms with Crippen LogP contribution in [0.1, 0.15) is 30.4 Å². The summed E-state index contributed by atoms with van der Waals surface area (Å²) < 4.78 is 5.48. The SMILES string of the molecule is Nc1nnc(Cl)cc1N1CC[C@](C(=O)NCC2CCN(C(=O)OCc3ccccc3)CC2)(c2ccccc2)C1. The summed E-state index contributed by atoms with van der Waals surface area (Å²) in [5.41, 5.74) is 7.99. The van der Waals surface area contributed by atoms with Crippen molar-refractivity contribution in [3.8, 4) is 0 Å². The topological polar surface area (TPSA) is 114 Å². The molecule has 2 fully saturated rings. The van der Waals surface area contributed by atoms with Gasteiger partial charge in [-0.15, -0.1) is 10.2 Å². The number of nitrogens with one attached hydrogen (secondary N) is 1. The standard InChI is InChI=1S/C29H33ClN6O3/c30-25-17-24(26(31)34-33-25)36-16-13-29(20-36,23-9-5-2-6-10-23)27(37)32-18-21-11-14-35(15-12-21)28(38)39-19-22-7-3-1-4-8-22/h1-10,17,21H,11-16,18-20H2,(H2,31,34)(H,32,37)/t29-/m1/s1. The van der Waals surface area contributed by atoms with Crippen LogP contribution in [0.3, 0.4) is 0 Å². The molecule has 3 aromatic rings. The van der Waals surface area contributed by atoms with Gasteiger partial charge in [0.15, 0.2) is 11.0 Å². The van der Waals surface area contributed by atoms with E-state index in [1.165, 1.54) is 0 Å². The number of nitrogen functional groups attached to an aromatic ring is 1. The molecule has 3 heterocycles. The lowest BCUT2D eigenvalue weighted by atomic mass is 9.78. The zero-order valence-electron chi connectivity index (χ0n) is 21.8. The molecule has 1 aromatic heterocycles. The maximum Gasteiger partial charge on any atom is 0.410 e. The summed E-state index contributed by atoms with van der Waals surface area (Å²) in [7, 11) is 0. The van der Waals surface area contributed by atoms with E-state index in [4.69, 9.17) is 22.1 Å². The molecule has 2 amide bonds. The smallest absolute Gasteiger partial charge is 0.410 e. The summed E-state index contributed by atoms with van der Waals surface area (Å²) in [6.45, 7) is 3.15. The van der Waals surface area contributed by atoms with E-state index in [-0.39, 0.29) is 35.5 Å². The van der Waals surface area contributed by atoms with E-state index in [1.54, 1.807) is 11.0 Å². The van der Waals surface area contributed by atoms with Gasteiger partial charge >= 0.3 is 6.09 Å². The number of benzene rings is 2. The van der Waals surface area contributed by atoms with Crippen molar-refractivity contribution in [2.24, 2.45) is 5.92 Å². The van der Waals surface area contributed by atoms with E-state index >= 15 is 0 Å². The molecule has 0 spiro atoms. The molecule has 2 saturated heterocycles. The van der Waals surface area contributed by atoms with Gasteiger partial charge < -0.3 is 25.6 Å². The number of halogens is 1. The van der Waals surface area contributed by atoms with Crippen LogP contribution < -0.4 is 16.0 Å². The molecule has 3 N–H and O–H groups in total. The van der Waals surface area contributed by atoms with Crippen molar-refractivity contribution in [2.45, 2.75) is 31.3 Å². The van der Waals surface area contributed by atoms with Crippen LogP contribution in [0, 0.1) is 5.92 Å². The average molecular weight is 549 g/mol. The second-order valence-electron chi connectivity index (χ2n) is 10.2. The first-order chi connectivity index (χ1) is 18.9. The number of carbonyl (C=O) groups is 2. The number of hydrogen-bond acceptors (Lipinski definition) is 7. The number of likely N-dealkylation sites (tertiary alicyclic amines) is 1. The van der Waals surface area contributed by atoms with Crippen LogP contribution in [-0.4, -0.2) is 59.8 Å². The van der Waals surface area contributed by atoms with Gasteiger partial charge in [-0.1, -0.05) is 72.3 Å². The Morgan fingerprint density at radius 3 is 2.44 bits per heavy atom. The predicted molar refractivity (Wildman–Crippen MR) is 150 cm³/mol. The maximum absolute atomic E-state index is 13.8. The number of rotatable bonds is 7. The largest absolute Gasteiger partial charge is 0.445 e. The normalized spacial score (nSPS) is 19.6. The number of ether oxygens (including phenoxy) is 1.